The van der Waals surface area contributed by atoms with E-state index in [4.69, 9.17) is 21.1 Å². The number of fused-ring (bicyclic) bond motifs is 1. The minimum absolute atomic E-state index is 0.00756. The lowest BCUT2D eigenvalue weighted by Gasteiger charge is -2.29. The van der Waals surface area contributed by atoms with Crippen molar-refractivity contribution in [3.63, 3.8) is 0 Å². The van der Waals surface area contributed by atoms with E-state index in [1.165, 1.54) is 48.5 Å². The van der Waals surface area contributed by atoms with E-state index >= 15 is 0 Å². The molecule has 1 aromatic heterocycles. The summed E-state index contributed by atoms with van der Waals surface area (Å²) in [5.41, 5.74) is -0.261. The van der Waals surface area contributed by atoms with Crippen LogP contribution in [0.25, 0.3) is 10.8 Å². The summed E-state index contributed by atoms with van der Waals surface area (Å²) >= 11 is 6.00. The summed E-state index contributed by atoms with van der Waals surface area (Å²) in [5.74, 6) is -1.22. The molecule has 0 saturated carbocycles. The Bertz CT molecular complexity index is 1380. The highest BCUT2D eigenvalue weighted by molar-refractivity contribution is 6.31. The average Bonchev–Trinajstić information content (AvgIpc) is 2.87. The lowest BCUT2D eigenvalue weighted by atomic mass is 10.1. The highest BCUT2D eigenvalue weighted by Crippen LogP contribution is 2.21. The van der Waals surface area contributed by atoms with Gasteiger partial charge in [-0.25, -0.2) is 23.4 Å². The van der Waals surface area contributed by atoms with Crippen molar-refractivity contribution < 1.29 is 32.6 Å². The first-order valence-corrected chi connectivity index (χ1v) is 12.8. The number of rotatable bonds is 9. The van der Waals surface area contributed by atoms with Crippen molar-refractivity contribution in [2.75, 3.05) is 25.5 Å². The number of carbonyl (C=O) groups excluding carboxylic acids is 3. The molecule has 0 bridgehead atoms. The van der Waals surface area contributed by atoms with Crippen LogP contribution in [0, 0.1) is 11.6 Å². The minimum atomic E-state index is -0.863. The average molecular weight is 577 g/mol. The fourth-order valence-corrected chi connectivity index (χ4v) is 3.90. The molecule has 0 aliphatic heterocycles. The van der Waals surface area contributed by atoms with Gasteiger partial charge in [-0.3, -0.25) is 10.1 Å². The van der Waals surface area contributed by atoms with Crippen LogP contribution < -0.4 is 10.6 Å². The van der Waals surface area contributed by atoms with Gasteiger partial charge in [0.2, 0.25) is 5.91 Å². The number of hydrogen-bond acceptors (Lipinski definition) is 6. The standard InChI is InChI=1S/C28H31ClF2N4O5/c1-28(2,3)40-26(37)33-15-21(35(4)24(36)11-9-17-6-5-7-22(31)25(17)29)16-39-27(38)34-23-13-19-12-20(30)10-8-18(19)14-32-23/h5-8,10,12-14,21H,9,11,15-16H2,1-4H3,(H,33,37)(H,32,34,38)/t21-/m0/s1. The normalized spacial score (nSPS) is 12.0. The number of pyridine rings is 1. The van der Waals surface area contributed by atoms with Crippen LogP contribution >= 0.6 is 11.6 Å². The van der Waals surface area contributed by atoms with Crippen LogP contribution in [-0.2, 0) is 20.7 Å². The first-order chi connectivity index (χ1) is 18.8. The Balaban J connectivity index is 1.64. The van der Waals surface area contributed by atoms with Gasteiger partial charge >= 0.3 is 12.2 Å². The molecule has 9 nitrogen and oxygen atoms in total. The fraction of sp³-hybridized carbons (Fsp3) is 0.357. The van der Waals surface area contributed by atoms with Crippen LogP contribution in [-0.4, -0.2) is 59.8 Å². The van der Waals surface area contributed by atoms with E-state index in [9.17, 15) is 23.2 Å². The van der Waals surface area contributed by atoms with Crippen LogP contribution in [0.5, 0.6) is 0 Å². The Morgan fingerprint density at radius 2 is 1.82 bits per heavy atom. The molecule has 3 rings (SSSR count). The number of benzene rings is 2. The first-order valence-electron chi connectivity index (χ1n) is 12.5. The molecule has 0 radical (unpaired) electrons. The molecule has 2 N–H and O–H groups in total. The molecule has 1 heterocycles. The lowest BCUT2D eigenvalue weighted by molar-refractivity contribution is -0.132. The van der Waals surface area contributed by atoms with Crippen LogP contribution in [0.3, 0.4) is 0 Å². The molecule has 0 aliphatic carbocycles. The van der Waals surface area contributed by atoms with Gasteiger partial charge in [0.1, 0.15) is 29.7 Å². The number of anilines is 1. The zero-order valence-corrected chi connectivity index (χ0v) is 23.4. The van der Waals surface area contributed by atoms with Gasteiger partial charge < -0.3 is 19.7 Å². The maximum atomic E-state index is 13.8. The molecule has 0 saturated heterocycles. The molecular formula is C28H31ClF2N4O5. The van der Waals surface area contributed by atoms with Gasteiger partial charge in [-0.15, -0.1) is 0 Å². The molecule has 0 unspecified atom stereocenters. The molecule has 1 atom stereocenters. The molecular weight excluding hydrogens is 546 g/mol. The summed E-state index contributed by atoms with van der Waals surface area (Å²) in [6.07, 6.45) is 0.0863. The number of alkyl carbamates (subject to hydrolysis) is 1. The Labute approximate surface area is 235 Å². The Kier molecular flexibility index (Phi) is 10.2. The first kappa shape index (κ1) is 30.6. The second kappa shape index (κ2) is 13.4. The molecule has 0 aliphatic rings. The predicted molar refractivity (Wildman–Crippen MR) is 147 cm³/mol. The number of ether oxygens (including phenoxy) is 2. The molecule has 0 spiro atoms. The summed E-state index contributed by atoms with van der Waals surface area (Å²) in [5, 5.41) is 6.22. The topological polar surface area (TPSA) is 110 Å². The van der Waals surface area contributed by atoms with Crippen molar-refractivity contribution >= 4 is 46.3 Å². The van der Waals surface area contributed by atoms with Gasteiger partial charge in [-0.05, 0) is 68.5 Å². The monoisotopic (exact) mass is 576 g/mol. The molecule has 0 fully saturated rings. The summed E-state index contributed by atoms with van der Waals surface area (Å²) < 4.78 is 37.9. The maximum Gasteiger partial charge on any atom is 0.412 e. The van der Waals surface area contributed by atoms with Crippen molar-refractivity contribution in [2.24, 2.45) is 0 Å². The van der Waals surface area contributed by atoms with Crippen LogP contribution in [0.15, 0.2) is 48.7 Å². The van der Waals surface area contributed by atoms with Crippen molar-refractivity contribution in [2.45, 2.75) is 45.3 Å². The second-order valence-corrected chi connectivity index (χ2v) is 10.4. The van der Waals surface area contributed by atoms with Crippen LogP contribution in [0.4, 0.5) is 24.2 Å². The molecule has 2 aromatic carbocycles. The number of amides is 3. The van der Waals surface area contributed by atoms with E-state index in [-0.39, 0.29) is 42.7 Å². The highest BCUT2D eigenvalue weighted by Gasteiger charge is 2.24. The number of carbonyl (C=O) groups is 3. The molecule has 40 heavy (non-hydrogen) atoms. The minimum Gasteiger partial charge on any atom is -0.447 e. The van der Waals surface area contributed by atoms with E-state index in [2.05, 4.69) is 15.6 Å². The summed E-state index contributed by atoms with van der Waals surface area (Å²) in [7, 11) is 1.50. The third kappa shape index (κ3) is 9.04. The van der Waals surface area contributed by atoms with E-state index in [1.54, 1.807) is 32.9 Å². The van der Waals surface area contributed by atoms with E-state index in [0.29, 0.717) is 16.3 Å². The van der Waals surface area contributed by atoms with Gasteiger partial charge in [0.15, 0.2) is 0 Å². The van der Waals surface area contributed by atoms with Crippen molar-refractivity contribution in [3.8, 4) is 0 Å². The molecule has 3 aromatic rings. The number of likely N-dealkylation sites (N-methyl/N-ethyl adjacent to an activating group) is 1. The summed E-state index contributed by atoms with van der Waals surface area (Å²) in [6.45, 7) is 4.76. The molecule has 3 amide bonds. The lowest BCUT2D eigenvalue weighted by Crippen LogP contribution is -2.48. The van der Waals surface area contributed by atoms with Crippen molar-refractivity contribution in [1.29, 1.82) is 0 Å². The number of halogens is 3. The Morgan fingerprint density at radius 3 is 2.55 bits per heavy atom. The second-order valence-electron chi connectivity index (χ2n) is 10.0. The predicted octanol–water partition coefficient (Wildman–Crippen LogP) is 5.70. The summed E-state index contributed by atoms with van der Waals surface area (Å²) in [6, 6.07) is 9.27. The quantitative estimate of drug-likeness (QED) is 0.338. The van der Waals surface area contributed by atoms with E-state index in [1.807, 2.05) is 0 Å². The molecule has 214 valence electrons. The van der Waals surface area contributed by atoms with Gasteiger partial charge in [-0.1, -0.05) is 23.7 Å². The number of aryl methyl sites for hydroxylation is 1. The smallest absolute Gasteiger partial charge is 0.412 e. The number of nitrogens with one attached hydrogen (secondary N) is 2. The third-order valence-electron chi connectivity index (χ3n) is 5.78. The van der Waals surface area contributed by atoms with Gasteiger partial charge in [0.25, 0.3) is 0 Å². The van der Waals surface area contributed by atoms with Crippen LogP contribution in [0.2, 0.25) is 5.02 Å². The molecule has 12 heteroatoms. The maximum absolute atomic E-state index is 13.8. The number of nitrogens with zero attached hydrogens (tertiary/aromatic N) is 2. The highest BCUT2D eigenvalue weighted by atomic mass is 35.5. The van der Waals surface area contributed by atoms with Crippen LogP contribution in [0.1, 0.15) is 32.8 Å². The number of hydrogen-bond donors (Lipinski definition) is 2. The van der Waals surface area contributed by atoms with Gasteiger partial charge in [0, 0.05) is 31.6 Å². The van der Waals surface area contributed by atoms with Crippen molar-refractivity contribution in [3.05, 3.63) is 70.9 Å². The van der Waals surface area contributed by atoms with Gasteiger partial charge in [-0.2, -0.15) is 0 Å². The zero-order chi connectivity index (χ0) is 29.4. The van der Waals surface area contributed by atoms with Gasteiger partial charge in [0.05, 0.1) is 11.1 Å². The van der Waals surface area contributed by atoms with Crippen molar-refractivity contribution in [1.82, 2.24) is 15.2 Å². The SMILES string of the molecule is CN(C(=O)CCc1cccc(F)c1Cl)[C@@H](CNC(=O)OC(C)(C)C)COC(=O)Nc1cc2cc(F)ccc2cn1. The van der Waals surface area contributed by atoms with E-state index < -0.39 is 35.5 Å². The third-order valence-corrected chi connectivity index (χ3v) is 6.21. The largest absolute Gasteiger partial charge is 0.447 e. The Hall–Kier alpha value is -3.99. The number of aromatic nitrogens is 1. The summed E-state index contributed by atoms with van der Waals surface area (Å²) in [4.78, 5) is 43.1. The zero-order valence-electron chi connectivity index (χ0n) is 22.6. The van der Waals surface area contributed by atoms with E-state index in [0.717, 1.165) is 0 Å². The fourth-order valence-electron chi connectivity index (χ4n) is 3.68. The Morgan fingerprint density at radius 1 is 1.07 bits per heavy atom.